The van der Waals surface area contributed by atoms with E-state index in [0.29, 0.717) is 28.6 Å². The standard InChI is InChI=1S/C19H23NO7/c1-12(14-6-5-7-26-14)20-17(21)11-27-18(22)10-13-8-15(23-2)19(25-4)16(9-13)24-3/h5-9,12H,10-11H2,1-4H3,(H,20,21)/t12-/m1/s1. The molecule has 0 saturated carbocycles. The number of carbonyl (C=O) groups excluding carboxylic acids is 2. The molecule has 1 aromatic carbocycles. The number of esters is 1. The Hall–Kier alpha value is -3.16. The van der Waals surface area contributed by atoms with E-state index in [0.717, 1.165) is 0 Å². The lowest BCUT2D eigenvalue weighted by Crippen LogP contribution is -2.31. The van der Waals surface area contributed by atoms with Crippen LogP contribution in [0.2, 0.25) is 0 Å². The first kappa shape index (κ1) is 20.2. The van der Waals surface area contributed by atoms with Crippen LogP contribution >= 0.6 is 0 Å². The molecule has 0 spiro atoms. The predicted octanol–water partition coefficient (Wildman–Crippen LogP) is 2.27. The maximum absolute atomic E-state index is 12.1. The number of hydrogen-bond acceptors (Lipinski definition) is 7. The highest BCUT2D eigenvalue weighted by atomic mass is 16.5. The topological polar surface area (TPSA) is 96.2 Å². The molecular weight excluding hydrogens is 354 g/mol. The fraction of sp³-hybridized carbons (Fsp3) is 0.368. The van der Waals surface area contributed by atoms with Crippen LogP contribution in [0.4, 0.5) is 0 Å². The largest absolute Gasteiger partial charge is 0.493 e. The molecule has 1 aromatic heterocycles. The minimum absolute atomic E-state index is 0.0439. The molecule has 27 heavy (non-hydrogen) atoms. The van der Waals surface area contributed by atoms with Gasteiger partial charge in [0.2, 0.25) is 5.75 Å². The van der Waals surface area contributed by atoms with Crippen LogP contribution < -0.4 is 19.5 Å². The lowest BCUT2D eigenvalue weighted by molar-refractivity contribution is -0.148. The summed E-state index contributed by atoms with van der Waals surface area (Å²) in [5.41, 5.74) is 0.610. The van der Waals surface area contributed by atoms with Crippen molar-refractivity contribution < 1.29 is 33.0 Å². The fourth-order valence-corrected chi connectivity index (χ4v) is 2.49. The molecule has 0 aliphatic rings. The van der Waals surface area contributed by atoms with E-state index >= 15 is 0 Å². The van der Waals surface area contributed by atoms with Crippen LogP contribution in [-0.2, 0) is 20.7 Å². The van der Waals surface area contributed by atoms with E-state index in [9.17, 15) is 9.59 Å². The summed E-state index contributed by atoms with van der Waals surface area (Å²) in [6, 6.07) is 6.47. The minimum atomic E-state index is -0.551. The van der Waals surface area contributed by atoms with Gasteiger partial charge in [0, 0.05) is 0 Å². The molecule has 8 nitrogen and oxygen atoms in total. The van der Waals surface area contributed by atoms with Crippen molar-refractivity contribution in [2.45, 2.75) is 19.4 Å². The van der Waals surface area contributed by atoms with Gasteiger partial charge in [0.15, 0.2) is 18.1 Å². The van der Waals surface area contributed by atoms with Gasteiger partial charge in [-0.05, 0) is 36.8 Å². The Bertz CT molecular complexity index is 745. The molecule has 0 fully saturated rings. The molecule has 1 amide bonds. The average Bonchev–Trinajstić information content (AvgIpc) is 3.20. The SMILES string of the molecule is COc1cc(CC(=O)OCC(=O)N[C@H](C)c2ccco2)cc(OC)c1OC. The average molecular weight is 377 g/mol. The highest BCUT2D eigenvalue weighted by molar-refractivity contribution is 5.81. The summed E-state index contributed by atoms with van der Waals surface area (Å²) in [6.07, 6.45) is 1.48. The van der Waals surface area contributed by atoms with E-state index in [1.807, 2.05) is 0 Å². The molecule has 1 N–H and O–H groups in total. The van der Waals surface area contributed by atoms with Gasteiger partial charge in [-0.2, -0.15) is 0 Å². The van der Waals surface area contributed by atoms with Crippen LogP contribution in [0.15, 0.2) is 34.9 Å². The third-order valence-electron chi connectivity index (χ3n) is 3.78. The van der Waals surface area contributed by atoms with Crippen molar-refractivity contribution in [1.29, 1.82) is 0 Å². The van der Waals surface area contributed by atoms with Gasteiger partial charge in [0.05, 0.1) is 40.1 Å². The van der Waals surface area contributed by atoms with Crippen LogP contribution in [0.25, 0.3) is 0 Å². The van der Waals surface area contributed by atoms with Gasteiger partial charge in [-0.1, -0.05) is 0 Å². The second-order valence-electron chi connectivity index (χ2n) is 5.68. The van der Waals surface area contributed by atoms with Crippen molar-refractivity contribution in [1.82, 2.24) is 5.32 Å². The number of hydrogen-bond donors (Lipinski definition) is 1. The van der Waals surface area contributed by atoms with E-state index < -0.39 is 11.9 Å². The molecule has 1 heterocycles. The Morgan fingerprint density at radius 1 is 1.11 bits per heavy atom. The zero-order valence-corrected chi connectivity index (χ0v) is 15.7. The van der Waals surface area contributed by atoms with Crippen LogP contribution in [0.5, 0.6) is 17.2 Å². The maximum Gasteiger partial charge on any atom is 0.310 e. The third-order valence-corrected chi connectivity index (χ3v) is 3.78. The van der Waals surface area contributed by atoms with Gasteiger partial charge < -0.3 is 28.7 Å². The molecule has 2 aromatic rings. The molecule has 0 aliphatic carbocycles. The summed E-state index contributed by atoms with van der Waals surface area (Å²) >= 11 is 0. The number of rotatable bonds is 9. The summed E-state index contributed by atoms with van der Waals surface area (Å²) in [6.45, 7) is 1.39. The van der Waals surface area contributed by atoms with Gasteiger partial charge in [0.1, 0.15) is 5.76 Å². The predicted molar refractivity (Wildman–Crippen MR) is 96.0 cm³/mol. The van der Waals surface area contributed by atoms with Crippen molar-refractivity contribution in [2.24, 2.45) is 0 Å². The Labute approximate surface area is 157 Å². The number of furan rings is 1. The Balaban J connectivity index is 1.90. The van der Waals surface area contributed by atoms with E-state index in [1.54, 1.807) is 31.2 Å². The summed E-state index contributed by atoms with van der Waals surface area (Å²) < 4.78 is 26.0. The molecule has 1 atom stereocenters. The molecule has 0 bridgehead atoms. The zero-order chi connectivity index (χ0) is 19.8. The van der Waals surface area contributed by atoms with Crippen LogP contribution in [0.1, 0.15) is 24.3 Å². The molecule has 0 aliphatic heterocycles. The van der Waals surface area contributed by atoms with E-state index in [1.165, 1.54) is 27.6 Å². The summed E-state index contributed by atoms with van der Waals surface area (Å²) in [7, 11) is 4.48. The Kier molecular flexibility index (Phi) is 7.10. The van der Waals surface area contributed by atoms with Gasteiger partial charge in [-0.3, -0.25) is 9.59 Å². The van der Waals surface area contributed by atoms with Crippen molar-refractivity contribution in [3.05, 3.63) is 41.9 Å². The summed E-state index contributed by atoms with van der Waals surface area (Å²) in [4.78, 5) is 24.0. The van der Waals surface area contributed by atoms with Gasteiger partial charge in [-0.15, -0.1) is 0 Å². The number of benzene rings is 1. The van der Waals surface area contributed by atoms with Gasteiger partial charge in [-0.25, -0.2) is 0 Å². The quantitative estimate of drug-likeness (QED) is 0.670. The van der Waals surface area contributed by atoms with E-state index in [2.05, 4.69) is 5.32 Å². The maximum atomic E-state index is 12.1. The lowest BCUT2D eigenvalue weighted by Gasteiger charge is -2.14. The monoisotopic (exact) mass is 377 g/mol. The highest BCUT2D eigenvalue weighted by Crippen LogP contribution is 2.38. The second kappa shape index (κ2) is 9.51. The first-order valence-electron chi connectivity index (χ1n) is 8.25. The van der Waals surface area contributed by atoms with E-state index in [4.69, 9.17) is 23.4 Å². The van der Waals surface area contributed by atoms with E-state index in [-0.39, 0.29) is 19.1 Å². The number of ether oxygens (including phenoxy) is 4. The second-order valence-corrected chi connectivity index (χ2v) is 5.68. The normalized spacial score (nSPS) is 11.4. The van der Waals surface area contributed by atoms with Crippen molar-refractivity contribution in [2.75, 3.05) is 27.9 Å². The lowest BCUT2D eigenvalue weighted by atomic mass is 10.1. The Morgan fingerprint density at radius 2 is 1.78 bits per heavy atom. The number of nitrogens with one attached hydrogen (secondary N) is 1. The molecule has 8 heteroatoms. The number of methoxy groups -OCH3 is 3. The Morgan fingerprint density at radius 3 is 2.30 bits per heavy atom. The molecule has 0 radical (unpaired) electrons. The van der Waals surface area contributed by atoms with Gasteiger partial charge >= 0.3 is 5.97 Å². The van der Waals surface area contributed by atoms with Crippen LogP contribution in [-0.4, -0.2) is 39.8 Å². The molecule has 2 rings (SSSR count). The van der Waals surface area contributed by atoms with Crippen molar-refractivity contribution >= 4 is 11.9 Å². The molecule has 0 saturated heterocycles. The zero-order valence-electron chi connectivity index (χ0n) is 15.7. The first-order chi connectivity index (χ1) is 13.0. The highest BCUT2D eigenvalue weighted by Gasteiger charge is 2.17. The fourth-order valence-electron chi connectivity index (χ4n) is 2.49. The summed E-state index contributed by atoms with van der Waals surface area (Å²) in [5, 5.41) is 2.69. The number of carbonyl (C=O) groups is 2. The molecule has 146 valence electrons. The minimum Gasteiger partial charge on any atom is -0.493 e. The van der Waals surface area contributed by atoms with Crippen molar-refractivity contribution in [3.8, 4) is 17.2 Å². The first-order valence-corrected chi connectivity index (χ1v) is 8.25. The van der Waals surface area contributed by atoms with Crippen molar-refractivity contribution in [3.63, 3.8) is 0 Å². The van der Waals surface area contributed by atoms with Crippen LogP contribution in [0, 0.1) is 0 Å². The molecule has 0 unspecified atom stereocenters. The summed E-state index contributed by atoms with van der Waals surface area (Å²) in [5.74, 6) is 0.951. The third kappa shape index (κ3) is 5.40. The molecular formula is C19H23NO7. The smallest absolute Gasteiger partial charge is 0.310 e. The van der Waals surface area contributed by atoms with Crippen LogP contribution in [0.3, 0.4) is 0 Å². The van der Waals surface area contributed by atoms with Gasteiger partial charge in [0.25, 0.3) is 5.91 Å². The number of amides is 1.